The van der Waals surface area contributed by atoms with Crippen LogP contribution in [-0.2, 0) is 4.74 Å². The maximum Gasteiger partial charge on any atom is 0.0897 e. The lowest BCUT2D eigenvalue weighted by molar-refractivity contribution is 0.0308. The molecule has 1 aliphatic rings. The Bertz CT molecular complexity index is 191. The van der Waals surface area contributed by atoms with Gasteiger partial charge in [0.25, 0.3) is 0 Å². The van der Waals surface area contributed by atoms with Gasteiger partial charge in [0.15, 0.2) is 0 Å². The van der Waals surface area contributed by atoms with Crippen LogP contribution in [0.2, 0.25) is 0 Å². The number of hydrogen-bond acceptors (Lipinski definition) is 3. The third-order valence-electron chi connectivity index (χ3n) is 3.40. The van der Waals surface area contributed by atoms with Crippen molar-refractivity contribution in [2.75, 3.05) is 19.8 Å². The van der Waals surface area contributed by atoms with Crippen LogP contribution in [0.4, 0.5) is 0 Å². The van der Waals surface area contributed by atoms with Crippen LogP contribution in [0.1, 0.15) is 46.5 Å². The summed E-state index contributed by atoms with van der Waals surface area (Å²) in [5, 5.41) is 13.1. The third kappa shape index (κ3) is 7.02. The van der Waals surface area contributed by atoms with Gasteiger partial charge in [-0.3, -0.25) is 0 Å². The van der Waals surface area contributed by atoms with Gasteiger partial charge in [0.05, 0.1) is 12.7 Å². The Balaban J connectivity index is 1.85. The first-order valence-corrected chi connectivity index (χ1v) is 7.07. The highest BCUT2D eigenvalue weighted by Crippen LogP contribution is 2.25. The lowest BCUT2D eigenvalue weighted by atomic mass is 9.82. The zero-order valence-electron chi connectivity index (χ0n) is 11.6. The Hall–Kier alpha value is -0.120. The number of hydrogen-bond donors (Lipinski definition) is 2. The molecule has 0 aromatic heterocycles. The van der Waals surface area contributed by atoms with Crippen LogP contribution in [0.5, 0.6) is 0 Å². The molecule has 0 heterocycles. The number of aliphatic hydroxyl groups excluding tert-OH is 1. The maximum absolute atomic E-state index is 9.70. The zero-order valence-corrected chi connectivity index (χ0v) is 11.6. The highest BCUT2D eigenvalue weighted by atomic mass is 16.5. The largest absolute Gasteiger partial charge is 0.389 e. The van der Waals surface area contributed by atoms with Crippen LogP contribution in [0.25, 0.3) is 0 Å². The lowest BCUT2D eigenvalue weighted by Crippen LogP contribution is -2.44. The Morgan fingerprint density at radius 1 is 1.35 bits per heavy atom. The number of ether oxygens (including phenoxy) is 1. The van der Waals surface area contributed by atoms with Gasteiger partial charge in [0, 0.05) is 19.2 Å². The van der Waals surface area contributed by atoms with Crippen molar-refractivity contribution < 1.29 is 9.84 Å². The van der Waals surface area contributed by atoms with Gasteiger partial charge in [-0.05, 0) is 37.5 Å². The predicted molar refractivity (Wildman–Crippen MR) is 71.1 cm³/mol. The molecule has 1 aliphatic carbocycles. The molecule has 1 fully saturated rings. The number of rotatable bonds is 9. The fraction of sp³-hybridized carbons (Fsp3) is 1.00. The molecule has 0 spiro atoms. The van der Waals surface area contributed by atoms with Crippen molar-refractivity contribution in [1.29, 1.82) is 0 Å². The number of aliphatic hydroxyl groups is 1. The first kappa shape index (κ1) is 14.9. The van der Waals surface area contributed by atoms with Crippen molar-refractivity contribution in [3.8, 4) is 0 Å². The second kappa shape index (κ2) is 8.06. The Morgan fingerprint density at radius 2 is 2.06 bits per heavy atom. The molecule has 1 atom stereocenters. The molecule has 0 aliphatic heterocycles. The minimum absolute atomic E-state index is 0.357. The van der Waals surface area contributed by atoms with Crippen molar-refractivity contribution in [2.45, 2.75) is 58.6 Å². The van der Waals surface area contributed by atoms with Crippen LogP contribution in [0.3, 0.4) is 0 Å². The van der Waals surface area contributed by atoms with Crippen LogP contribution < -0.4 is 5.32 Å². The second-order valence-electron chi connectivity index (χ2n) is 5.95. The molecule has 0 aromatic carbocycles. The van der Waals surface area contributed by atoms with Crippen LogP contribution in [-0.4, -0.2) is 37.0 Å². The molecule has 1 saturated carbocycles. The Morgan fingerprint density at radius 3 is 2.65 bits per heavy atom. The van der Waals surface area contributed by atoms with Crippen LogP contribution in [0, 0.1) is 11.8 Å². The second-order valence-corrected chi connectivity index (χ2v) is 5.95. The fourth-order valence-electron chi connectivity index (χ4n) is 2.24. The smallest absolute Gasteiger partial charge is 0.0897 e. The van der Waals surface area contributed by atoms with Crippen LogP contribution in [0.15, 0.2) is 0 Å². The van der Waals surface area contributed by atoms with Gasteiger partial charge in [-0.2, -0.15) is 0 Å². The van der Waals surface area contributed by atoms with Crippen molar-refractivity contribution in [3.05, 3.63) is 0 Å². The fourth-order valence-corrected chi connectivity index (χ4v) is 2.24. The third-order valence-corrected chi connectivity index (χ3v) is 3.40. The van der Waals surface area contributed by atoms with Crippen molar-refractivity contribution in [3.63, 3.8) is 0 Å². The maximum atomic E-state index is 9.70. The van der Waals surface area contributed by atoms with Gasteiger partial charge in [0.1, 0.15) is 0 Å². The number of nitrogens with one attached hydrogen (secondary N) is 1. The normalized spacial score (nSPS) is 25.9. The molecule has 3 heteroatoms. The Labute approximate surface area is 106 Å². The minimum Gasteiger partial charge on any atom is -0.389 e. The summed E-state index contributed by atoms with van der Waals surface area (Å²) in [6.07, 6.45) is 4.45. The summed E-state index contributed by atoms with van der Waals surface area (Å²) in [6.45, 7) is 8.62. The highest BCUT2D eigenvalue weighted by molar-refractivity contribution is 4.82. The van der Waals surface area contributed by atoms with Gasteiger partial charge in [0.2, 0.25) is 0 Å². The topological polar surface area (TPSA) is 41.5 Å². The van der Waals surface area contributed by atoms with E-state index in [2.05, 4.69) is 26.1 Å². The summed E-state index contributed by atoms with van der Waals surface area (Å²) >= 11 is 0. The molecule has 0 saturated heterocycles. The summed E-state index contributed by atoms with van der Waals surface area (Å²) in [5.74, 6) is 1.60. The van der Waals surface area contributed by atoms with E-state index < -0.39 is 0 Å². The first-order valence-electron chi connectivity index (χ1n) is 7.07. The summed E-state index contributed by atoms with van der Waals surface area (Å²) in [4.78, 5) is 0. The molecule has 0 bridgehead atoms. The summed E-state index contributed by atoms with van der Waals surface area (Å²) < 4.78 is 5.46. The first-order chi connectivity index (χ1) is 8.08. The van der Waals surface area contributed by atoms with E-state index in [4.69, 9.17) is 4.74 Å². The van der Waals surface area contributed by atoms with E-state index in [1.807, 2.05) is 0 Å². The molecule has 3 nitrogen and oxygen atoms in total. The van der Waals surface area contributed by atoms with E-state index >= 15 is 0 Å². The van der Waals surface area contributed by atoms with E-state index in [9.17, 15) is 5.11 Å². The van der Waals surface area contributed by atoms with E-state index in [1.165, 1.54) is 19.3 Å². The molecular formula is C14H29NO2. The van der Waals surface area contributed by atoms with Crippen molar-refractivity contribution in [2.24, 2.45) is 11.8 Å². The predicted octanol–water partition coefficient (Wildman–Crippen LogP) is 2.19. The molecule has 0 amide bonds. The minimum atomic E-state index is -0.357. The Kier molecular flexibility index (Phi) is 7.09. The SMILES string of the molecule is CC(C)CCCOCC(O)CNC1CC(C)C1. The van der Waals surface area contributed by atoms with Gasteiger partial charge in [-0.15, -0.1) is 0 Å². The van der Waals surface area contributed by atoms with Crippen molar-refractivity contribution >= 4 is 0 Å². The van der Waals surface area contributed by atoms with Crippen LogP contribution >= 0.6 is 0 Å². The van der Waals surface area contributed by atoms with E-state index in [-0.39, 0.29) is 6.10 Å². The average molecular weight is 243 g/mol. The molecule has 0 radical (unpaired) electrons. The molecule has 2 N–H and O–H groups in total. The molecule has 1 unspecified atom stereocenters. The van der Waals surface area contributed by atoms with Crippen molar-refractivity contribution in [1.82, 2.24) is 5.32 Å². The highest BCUT2D eigenvalue weighted by Gasteiger charge is 2.24. The summed E-state index contributed by atoms with van der Waals surface area (Å²) in [6, 6.07) is 0.626. The van der Waals surface area contributed by atoms with Gasteiger partial charge >= 0.3 is 0 Å². The lowest BCUT2D eigenvalue weighted by Gasteiger charge is -2.34. The molecule has 17 heavy (non-hydrogen) atoms. The van der Waals surface area contributed by atoms with E-state index in [1.54, 1.807) is 0 Å². The molecule has 102 valence electrons. The van der Waals surface area contributed by atoms with Gasteiger partial charge in [-0.25, -0.2) is 0 Å². The summed E-state index contributed by atoms with van der Waals surface area (Å²) in [7, 11) is 0. The molecule has 1 rings (SSSR count). The molecule has 0 aromatic rings. The monoisotopic (exact) mass is 243 g/mol. The quantitative estimate of drug-likeness (QED) is 0.610. The molecular weight excluding hydrogens is 214 g/mol. The standard InChI is InChI=1S/C14H29NO2/c1-11(2)5-4-6-17-10-14(16)9-15-13-7-12(3)8-13/h11-16H,4-10H2,1-3H3. The van der Waals surface area contributed by atoms with Gasteiger partial charge in [-0.1, -0.05) is 20.8 Å². The average Bonchev–Trinajstić information content (AvgIpc) is 2.22. The zero-order chi connectivity index (χ0) is 12.7. The van der Waals surface area contributed by atoms with Gasteiger partial charge < -0.3 is 15.2 Å². The van der Waals surface area contributed by atoms with E-state index in [0.717, 1.165) is 24.9 Å². The van der Waals surface area contributed by atoms with E-state index in [0.29, 0.717) is 19.2 Å². The summed E-state index contributed by atoms with van der Waals surface area (Å²) in [5.41, 5.74) is 0.